The summed E-state index contributed by atoms with van der Waals surface area (Å²) in [5.74, 6) is 0.901. The van der Waals surface area contributed by atoms with Crippen LogP contribution in [0.25, 0.3) is 33.1 Å². The summed E-state index contributed by atoms with van der Waals surface area (Å²) in [7, 11) is 0. The Hall–Kier alpha value is -2.67. The monoisotopic (exact) mass is 271 g/mol. The van der Waals surface area contributed by atoms with E-state index in [4.69, 9.17) is 4.42 Å². The van der Waals surface area contributed by atoms with Crippen molar-refractivity contribution in [3.63, 3.8) is 0 Å². The Bertz CT molecular complexity index is 937. The van der Waals surface area contributed by atoms with Gasteiger partial charge in [0.05, 0.1) is 10.9 Å². The Morgan fingerprint density at radius 1 is 0.667 bits per heavy atom. The van der Waals surface area contributed by atoms with Crippen LogP contribution < -0.4 is 0 Å². The van der Waals surface area contributed by atoms with Gasteiger partial charge in [-0.2, -0.15) is 0 Å². The maximum atomic E-state index is 6.10. The van der Waals surface area contributed by atoms with E-state index >= 15 is 0 Å². The number of aryl methyl sites for hydroxylation is 1. The molecule has 0 fully saturated rings. The van der Waals surface area contributed by atoms with Crippen LogP contribution >= 0.6 is 0 Å². The maximum Gasteiger partial charge on any atom is 0.361 e. The van der Waals surface area contributed by atoms with Gasteiger partial charge in [-0.25, -0.2) is 4.42 Å². The van der Waals surface area contributed by atoms with Crippen molar-refractivity contribution in [3.8, 4) is 11.3 Å². The molecule has 100 valence electrons. The first kappa shape index (κ1) is 12.1. The van der Waals surface area contributed by atoms with Crippen LogP contribution in [-0.4, -0.2) is 0 Å². The molecular formula is C20H15O+. The minimum absolute atomic E-state index is 0.901. The van der Waals surface area contributed by atoms with E-state index in [0.717, 1.165) is 22.3 Å². The quantitative estimate of drug-likeness (QED) is 0.312. The predicted molar refractivity (Wildman–Crippen MR) is 88.3 cm³/mol. The summed E-state index contributed by atoms with van der Waals surface area (Å²) in [5, 5.41) is 3.63. The van der Waals surface area contributed by atoms with Crippen LogP contribution in [0.3, 0.4) is 0 Å². The maximum absolute atomic E-state index is 6.10. The molecule has 4 rings (SSSR count). The minimum atomic E-state index is 0.901. The molecule has 0 bridgehead atoms. The highest BCUT2D eigenvalue weighted by Gasteiger charge is 2.15. The summed E-state index contributed by atoms with van der Waals surface area (Å²) in [5.41, 5.74) is 3.29. The van der Waals surface area contributed by atoms with E-state index in [1.54, 1.807) is 0 Å². The van der Waals surface area contributed by atoms with E-state index in [1.807, 2.05) is 0 Å². The van der Waals surface area contributed by atoms with Crippen molar-refractivity contribution in [1.29, 1.82) is 0 Å². The van der Waals surface area contributed by atoms with Crippen LogP contribution in [0.2, 0.25) is 0 Å². The van der Waals surface area contributed by atoms with Gasteiger partial charge in [0.15, 0.2) is 0 Å². The number of hydrogen-bond donors (Lipinski definition) is 0. The molecule has 0 saturated heterocycles. The number of hydrogen-bond acceptors (Lipinski definition) is 0. The fourth-order valence-electron chi connectivity index (χ4n) is 2.72. The van der Waals surface area contributed by atoms with Gasteiger partial charge in [0, 0.05) is 12.1 Å². The molecule has 4 aromatic rings. The van der Waals surface area contributed by atoms with Crippen LogP contribution in [-0.2, 0) is 0 Å². The fourth-order valence-corrected chi connectivity index (χ4v) is 2.72. The summed E-state index contributed by atoms with van der Waals surface area (Å²) in [6.07, 6.45) is 0. The van der Waals surface area contributed by atoms with Crippen LogP contribution in [0, 0.1) is 6.92 Å². The second kappa shape index (κ2) is 4.71. The van der Waals surface area contributed by atoms with Gasteiger partial charge < -0.3 is 0 Å². The first-order chi connectivity index (χ1) is 10.3. The Morgan fingerprint density at radius 2 is 1.48 bits per heavy atom. The number of rotatable bonds is 1. The topological polar surface area (TPSA) is 11.3 Å². The average Bonchev–Trinajstić information content (AvgIpc) is 2.55. The zero-order chi connectivity index (χ0) is 14.2. The molecule has 0 aliphatic carbocycles. The van der Waals surface area contributed by atoms with Crippen LogP contribution in [0.15, 0.2) is 77.2 Å². The van der Waals surface area contributed by atoms with Gasteiger partial charge >= 0.3 is 11.3 Å². The lowest BCUT2D eigenvalue weighted by Crippen LogP contribution is -1.81. The zero-order valence-corrected chi connectivity index (χ0v) is 11.8. The van der Waals surface area contributed by atoms with Crippen molar-refractivity contribution in [2.24, 2.45) is 0 Å². The second-order valence-corrected chi connectivity index (χ2v) is 5.36. The molecule has 0 saturated carbocycles. The number of fused-ring (bicyclic) bond motifs is 3. The lowest BCUT2D eigenvalue weighted by Gasteiger charge is -1.99. The molecular weight excluding hydrogens is 256 g/mol. The number of benzene rings is 3. The van der Waals surface area contributed by atoms with Crippen molar-refractivity contribution >= 4 is 21.7 Å². The molecule has 1 aromatic heterocycles. The molecule has 0 aliphatic heterocycles. The Kier molecular flexibility index (Phi) is 2.71. The van der Waals surface area contributed by atoms with Crippen molar-refractivity contribution in [2.45, 2.75) is 6.92 Å². The summed E-state index contributed by atoms with van der Waals surface area (Å²) in [4.78, 5) is 0. The molecule has 1 heteroatoms. The highest BCUT2D eigenvalue weighted by molar-refractivity contribution is 6.05. The molecule has 0 spiro atoms. The first-order valence-corrected chi connectivity index (χ1v) is 7.13. The van der Waals surface area contributed by atoms with Crippen molar-refractivity contribution in [2.75, 3.05) is 0 Å². The molecule has 0 radical (unpaired) electrons. The summed E-state index contributed by atoms with van der Waals surface area (Å²) in [6.45, 7) is 2.09. The second-order valence-electron chi connectivity index (χ2n) is 5.36. The van der Waals surface area contributed by atoms with Crippen molar-refractivity contribution in [3.05, 3.63) is 78.4 Å². The van der Waals surface area contributed by atoms with Gasteiger partial charge in [0.2, 0.25) is 0 Å². The predicted octanol–water partition coefficient (Wildman–Crippen LogP) is 5.84. The molecule has 0 unspecified atom stereocenters. The van der Waals surface area contributed by atoms with Gasteiger partial charge in [0.1, 0.15) is 0 Å². The Morgan fingerprint density at radius 3 is 2.33 bits per heavy atom. The van der Waals surface area contributed by atoms with Crippen molar-refractivity contribution in [1.82, 2.24) is 0 Å². The van der Waals surface area contributed by atoms with E-state index in [1.165, 1.54) is 16.3 Å². The lowest BCUT2D eigenvalue weighted by atomic mass is 10.0. The highest BCUT2D eigenvalue weighted by atomic mass is 16.3. The van der Waals surface area contributed by atoms with Gasteiger partial charge in [-0.15, -0.1) is 0 Å². The Balaban J connectivity index is 1.94. The molecule has 1 nitrogen and oxygen atoms in total. The lowest BCUT2D eigenvalue weighted by molar-refractivity contribution is 0.620. The minimum Gasteiger partial charge on any atom is -0.207 e. The van der Waals surface area contributed by atoms with Crippen LogP contribution in [0.5, 0.6) is 0 Å². The molecule has 0 N–H and O–H groups in total. The summed E-state index contributed by atoms with van der Waals surface area (Å²) in [6, 6.07) is 25.2. The average molecular weight is 271 g/mol. The molecule has 0 amide bonds. The normalized spacial score (nSPS) is 11.1. The van der Waals surface area contributed by atoms with Crippen LogP contribution in [0.4, 0.5) is 0 Å². The van der Waals surface area contributed by atoms with E-state index in [9.17, 15) is 0 Å². The van der Waals surface area contributed by atoms with Gasteiger partial charge in [-0.1, -0.05) is 42.0 Å². The van der Waals surface area contributed by atoms with Crippen LogP contribution in [0.1, 0.15) is 5.56 Å². The molecule has 21 heavy (non-hydrogen) atoms. The largest absolute Gasteiger partial charge is 0.361 e. The molecule has 3 aromatic carbocycles. The third-order valence-electron chi connectivity index (χ3n) is 3.89. The third-order valence-corrected chi connectivity index (χ3v) is 3.89. The van der Waals surface area contributed by atoms with E-state index in [0.29, 0.717) is 0 Å². The van der Waals surface area contributed by atoms with E-state index in [-0.39, 0.29) is 0 Å². The fraction of sp³-hybridized carbons (Fsp3) is 0.0500. The van der Waals surface area contributed by atoms with E-state index < -0.39 is 0 Å². The standard InChI is InChI=1S/C20H15O/c1-14-6-8-16(9-7-14)19-13-11-18-17-5-3-2-4-15(17)10-12-20(18)21-19/h2-13H,1H3/q+1. The smallest absolute Gasteiger partial charge is 0.207 e. The van der Waals surface area contributed by atoms with Gasteiger partial charge in [-0.05, 0) is 42.0 Å². The molecule has 0 atom stereocenters. The third kappa shape index (κ3) is 2.07. The highest BCUT2D eigenvalue weighted by Crippen LogP contribution is 2.29. The molecule has 1 heterocycles. The summed E-state index contributed by atoms with van der Waals surface area (Å²) < 4.78 is 6.10. The Labute approximate surface area is 123 Å². The van der Waals surface area contributed by atoms with E-state index in [2.05, 4.69) is 79.7 Å². The zero-order valence-electron chi connectivity index (χ0n) is 11.8. The SMILES string of the molecule is Cc1ccc(-c2ccc3c(ccc4ccccc43)[o+]2)cc1. The summed E-state index contributed by atoms with van der Waals surface area (Å²) >= 11 is 0. The first-order valence-electron chi connectivity index (χ1n) is 7.13. The molecule has 0 aliphatic rings. The van der Waals surface area contributed by atoms with Gasteiger partial charge in [-0.3, -0.25) is 0 Å². The van der Waals surface area contributed by atoms with Crippen molar-refractivity contribution < 1.29 is 4.42 Å². The van der Waals surface area contributed by atoms with Gasteiger partial charge in [0.25, 0.3) is 0 Å².